The van der Waals surface area contributed by atoms with Crippen LogP contribution in [0.25, 0.3) is 65.8 Å². The Morgan fingerprint density at radius 1 is 0.560 bits per heavy atom. The normalized spacial score (nSPS) is 15.1. The molecule has 246 valence electrons. The van der Waals surface area contributed by atoms with Crippen LogP contribution in [0.2, 0.25) is 0 Å². The van der Waals surface area contributed by atoms with Crippen LogP contribution < -0.4 is 10.6 Å². The van der Waals surface area contributed by atoms with Crippen LogP contribution in [-0.2, 0) is 5.54 Å². The van der Waals surface area contributed by atoms with Crippen LogP contribution in [0.15, 0.2) is 115 Å². The first-order valence-electron chi connectivity index (χ1n) is 18.2. The average Bonchev–Trinajstić information content (AvgIpc) is 3.79. The summed E-state index contributed by atoms with van der Waals surface area (Å²) in [6.07, 6.45) is 0. The molecule has 0 bridgehead atoms. The molecule has 6 aromatic carbocycles. The van der Waals surface area contributed by atoms with Crippen molar-refractivity contribution in [3.05, 3.63) is 143 Å². The van der Waals surface area contributed by atoms with Gasteiger partial charge in [-0.25, -0.2) is 0 Å². The molecule has 0 amide bonds. The monoisotopic (exact) mass is 650 g/mol. The number of para-hydroxylation sites is 4. The van der Waals surface area contributed by atoms with E-state index in [-0.39, 0.29) is 11.6 Å². The summed E-state index contributed by atoms with van der Waals surface area (Å²) in [5.74, 6) is 0.357. The highest BCUT2D eigenvalue weighted by Gasteiger charge is 2.37. The molecular weight excluding hydrogens is 609 g/mol. The Balaban J connectivity index is 1.35. The zero-order valence-electron chi connectivity index (χ0n) is 29.4. The zero-order valence-corrected chi connectivity index (χ0v) is 29.4. The summed E-state index contributed by atoms with van der Waals surface area (Å²) in [5.41, 5.74) is 14.1. The summed E-state index contributed by atoms with van der Waals surface area (Å²) in [7, 11) is 0. The van der Waals surface area contributed by atoms with Gasteiger partial charge in [-0.1, -0.05) is 105 Å². The molecule has 0 spiro atoms. The Morgan fingerprint density at radius 3 is 1.62 bits per heavy atom. The number of hydrogen-bond acceptors (Lipinski definition) is 2. The van der Waals surface area contributed by atoms with E-state index in [0.717, 1.165) is 13.1 Å². The van der Waals surface area contributed by atoms with Crippen LogP contribution in [0, 0.1) is 0 Å². The smallest absolute Gasteiger partial charge is 0.0666 e. The van der Waals surface area contributed by atoms with Gasteiger partial charge in [0.25, 0.3) is 0 Å². The van der Waals surface area contributed by atoms with Crippen molar-refractivity contribution in [1.29, 1.82) is 0 Å². The lowest BCUT2D eigenvalue weighted by Gasteiger charge is -2.34. The van der Waals surface area contributed by atoms with Crippen molar-refractivity contribution in [1.82, 2.24) is 19.8 Å². The first-order chi connectivity index (χ1) is 24.4. The molecular formula is C46H42N4. The molecule has 3 heterocycles. The highest BCUT2D eigenvalue weighted by Crippen LogP contribution is 2.51. The number of hydrogen-bond donors (Lipinski definition) is 2. The summed E-state index contributed by atoms with van der Waals surface area (Å²) in [5, 5.41) is 15.6. The highest BCUT2D eigenvalue weighted by atomic mass is 15.1. The highest BCUT2D eigenvalue weighted by molar-refractivity contribution is 6.16. The molecule has 1 aliphatic carbocycles. The molecule has 0 saturated heterocycles. The Morgan fingerprint density at radius 2 is 1.06 bits per heavy atom. The maximum atomic E-state index is 3.85. The fraction of sp³-hybridized carbons (Fsp3) is 0.217. The van der Waals surface area contributed by atoms with Crippen molar-refractivity contribution >= 4 is 65.8 Å². The van der Waals surface area contributed by atoms with E-state index in [1.165, 1.54) is 93.6 Å². The predicted octanol–water partition coefficient (Wildman–Crippen LogP) is 10.9. The van der Waals surface area contributed by atoms with Crippen LogP contribution in [-0.4, -0.2) is 22.2 Å². The van der Waals surface area contributed by atoms with E-state index < -0.39 is 0 Å². The van der Waals surface area contributed by atoms with Crippen molar-refractivity contribution in [2.45, 2.75) is 52.1 Å². The summed E-state index contributed by atoms with van der Waals surface area (Å²) in [6.45, 7) is 13.8. The van der Waals surface area contributed by atoms with Crippen molar-refractivity contribution in [2.75, 3.05) is 13.1 Å². The van der Waals surface area contributed by atoms with E-state index in [9.17, 15) is 0 Å². The van der Waals surface area contributed by atoms with Gasteiger partial charge in [-0.3, -0.25) is 0 Å². The van der Waals surface area contributed by atoms with Crippen molar-refractivity contribution < 1.29 is 0 Å². The number of nitrogens with zero attached hydrogens (tertiary/aromatic N) is 2. The SMILES string of the molecule is CC(C)c1cc(C(C)n2c3ccccc3c3ccccc32)c2c(C(C)(C)n3c4ccccc4c4ccccc43)ccc3c2c1C1=C3NCCN1. The number of fused-ring (bicyclic) bond motifs is 8. The molecule has 4 nitrogen and oxygen atoms in total. The predicted molar refractivity (Wildman–Crippen MR) is 212 cm³/mol. The summed E-state index contributed by atoms with van der Waals surface area (Å²) >= 11 is 0. The van der Waals surface area contributed by atoms with Gasteiger partial charge < -0.3 is 19.8 Å². The van der Waals surface area contributed by atoms with Gasteiger partial charge in [0.15, 0.2) is 0 Å². The minimum absolute atomic E-state index is 0.0767. The summed E-state index contributed by atoms with van der Waals surface area (Å²) < 4.78 is 5.19. The van der Waals surface area contributed by atoms with Gasteiger partial charge in [-0.15, -0.1) is 0 Å². The minimum atomic E-state index is -0.378. The van der Waals surface area contributed by atoms with Crippen LogP contribution in [0.1, 0.15) is 74.4 Å². The van der Waals surface area contributed by atoms with E-state index in [0.29, 0.717) is 5.92 Å². The number of rotatable bonds is 5. The van der Waals surface area contributed by atoms with E-state index in [2.05, 4.69) is 170 Å². The quantitative estimate of drug-likeness (QED) is 0.194. The maximum absolute atomic E-state index is 3.85. The van der Waals surface area contributed by atoms with Gasteiger partial charge in [-0.05, 0) is 73.0 Å². The Labute approximate surface area is 293 Å². The molecule has 0 saturated carbocycles. The van der Waals surface area contributed by atoms with E-state index in [1.54, 1.807) is 0 Å². The molecule has 0 radical (unpaired) electrons. The molecule has 8 aromatic rings. The third kappa shape index (κ3) is 3.82. The Hall–Kier alpha value is -5.48. The third-order valence-corrected chi connectivity index (χ3v) is 11.7. The van der Waals surface area contributed by atoms with Gasteiger partial charge in [0.05, 0.1) is 23.0 Å². The lowest BCUT2D eigenvalue weighted by molar-refractivity contribution is 0.468. The van der Waals surface area contributed by atoms with E-state index in [1.807, 2.05) is 0 Å². The molecule has 2 aliphatic rings. The second-order valence-corrected chi connectivity index (χ2v) is 15.1. The molecule has 1 atom stereocenters. The van der Waals surface area contributed by atoms with Crippen LogP contribution in [0.3, 0.4) is 0 Å². The molecule has 4 heteroatoms. The van der Waals surface area contributed by atoms with Crippen molar-refractivity contribution in [3.63, 3.8) is 0 Å². The lowest BCUT2D eigenvalue weighted by Crippen LogP contribution is -2.32. The Kier molecular flexibility index (Phi) is 6.19. The first-order valence-corrected chi connectivity index (χ1v) is 18.2. The second kappa shape index (κ2) is 10.5. The fourth-order valence-electron chi connectivity index (χ4n) is 9.54. The van der Waals surface area contributed by atoms with Crippen LogP contribution in [0.5, 0.6) is 0 Å². The summed E-state index contributed by atoms with van der Waals surface area (Å²) in [4.78, 5) is 0. The van der Waals surface area contributed by atoms with Crippen LogP contribution >= 0.6 is 0 Å². The number of benzene rings is 6. The largest absolute Gasteiger partial charge is 0.381 e. The van der Waals surface area contributed by atoms with Crippen molar-refractivity contribution in [2.24, 2.45) is 0 Å². The molecule has 10 rings (SSSR count). The van der Waals surface area contributed by atoms with Crippen LogP contribution in [0.4, 0.5) is 0 Å². The zero-order chi connectivity index (χ0) is 33.9. The number of aromatic nitrogens is 2. The molecule has 50 heavy (non-hydrogen) atoms. The number of nitrogens with one attached hydrogen (secondary N) is 2. The Bertz CT molecular complexity index is 2630. The van der Waals surface area contributed by atoms with Gasteiger partial charge in [0.1, 0.15) is 0 Å². The van der Waals surface area contributed by atoms with Gasteiger partial charge in [0.2, 0.25) is 0 Å². The molecule has 1 unspecified atom stereocenters. The van der Waals surface area contributed by atoms with Gasteiger partial charge >= 0.3 is 0 Å². The second-order valence-electron chi connectivity index (χ2n) is 15.1. The third-order valence-electron chi connectivity index (χ3n) is 11.7. The first kappa shape index (κ1) is 29.4. The van der Waals surface area contributed by atoms with Crippen molar-refractivity contribution in [3.8, 4) is 0 Å². The summed E-state index contributed by atoms with van der Waals surface area (Å²) in [6, 6.07) is 43.2. The standard InChI is InChI=1S/C46H42N4/c1-27(2)34-26-35(28(3)49-37-18-10-6-14-29(37)30-15-7-11-19-38(30)49)41-36(23-22-33-42(41)43(34)45-44(33)47-24-25-48-45)46(4,5)50-39-20-12-8-16-31(39)32-17-9-13-21-40(32)50/h6-23,26-28,47-48H,24-25H2,1-5H3. The minimum Gasteiger partial charge on any atom is -0.381 e. The van der Waals surface area contributed by atoms with E-state index >= 15 is 0 Å². The topological polar surface area (TPSA) is 33.9 Å². The molecule has 2 N–H and O–H groups in total. The molecule has 1 aliphatic heterocycles. The van der Waals surface area contributed by atoms with E-state index in [4.69, 9.17) is 0 Å². The fourth-order valence-corrected chi connectivity index (χ4v) is 9.54. The van der Waals surface area contributed by atoms with Gasteiger partial charge in [-0.2, -0.15) is 0 Å². The van der Waals surface area contributed by atoms with Gasteiger partial charge in [0, 0.05) is 73.2 Å². The maximum Gasteiger partial charge on any atom is 0.0666 e. The molecule has 0 fully saturated rings. The lowest BCUT2D eigenvalue weighted by atomic mass is 9.80. The average molecular weight is 651 g/mol. The molecule has 2 aromatic heterocycles.